The number of aliphatic hydroxyl groups is 1. The second-order valence-corrected chi connectivity index (χ2v) is 4.58. The molecule has 1 heterocycles. The summed E-state index contributed by atoms with van der Waals surface area (Å²) in [6.07, 6.45) is -0.294. The third kappa shape index (κ3) is 2.19. The van der Waals surface area contributed by atoms with E-state index < -0.39 is 0 Å². The highest BCUT2D eigenvalue weighted by Gasteiger charge is 2.29. The Morgan fingerprint density at radius 3 is 2.25 bits per heavy atom. The molecule has 0 aromatic carbocycles. The number of hydrogen-bond acceptors (Lipinski definition) is 3. The molecule has 3 heteroatoms. The van der Waals surface area contributed by atoms with Gasteiger partial charge >= 0.3 is 0 Å². The third-order valence-corrected chi connectivity index (χ3v) is 2.56. The average molecular weight is 172 g/mol. The van der Waals surface area contributed by atoms with E-state index in [1.54, 1.807) is 0 Å². The minimum Gasteiger partial charge on any atom is -0.377 e. The van der Waals surface area contributed by atoms with Crippen LogP contribution < -0.4 is 0 Å². The molecule has 0 aliphatic carbocycles. The normalized spacial score (nSPS) is 29.2. The van der Waals surface area contributed by atoms with Crippen LogP contribution in [0.15, 0.2) is 0 Å². The lowest BCUT2D eigenvalue weighted by Crippen LogP contribution is -2.56. The van der Waals surface area contributed by atoms with Gasteiger partial charge in [-0.25, -0.2) is 0 Å². The predicted octanol–water partition coefficient (Wildman–Crippen LogP) is 0.351. The van der Waals surface area contributed by atoms with Crippen molar-refractivity contribution in [3.05, 3.63) is 0 Å². The Hall–Kier alpha value is -0.120. The van der Waals surface area contributed by atoms with Gasteiger partial charge in [0.15, 0.2) is 0 Å². The first-order chi connectivity index (χ1) is 5.41. The minimum absolute atomic E-state index is 0.183. The van der Waals surface area contributed by atoms with Gasteiger partial charge in [0.1, 0.15) is 6.23 Å². The van der Waals surface area contributed by atoms with Crippen LogP contribution in [-0.4, -0.2) is 53.4 Å². The Bertz CT molecular complexity index is 153. The zero-order valence-electron chi connectivity index (χ0n) is 8.54. The zero-order valence-corrected chi connectivity index (χ0v) is 8.54. The van der Waals surface area contributed by atoms with Crippen LogP contribution in [0.4, 0.5) is 0 Å². The van der Waals surface area contributed by atoms with Gasteiger partial charge in [0, 0.05) is 25.2 Å². The van der Waals surface area contributed by atoms with Gasteiger partial charge in [-0.1, -0.05) is 0 Å². The highest BCUT2D eigenvalue weighted by molar-refractivity contribution is 4.82. The van der Waals surface area contributed by atoms with Gasteiger partial charge in [-0.3, -0.25) is 9.80 Å². The number of β-amino-alcohol motifs (C(OH)–C–C–N with tert-alkyl or cyclic N) is 1. The minimum atomic E-state index is -0.294. The molecular weight excluding hydrogens is 152 g/mol. The molecule has 0 amide bonds. The quantitative estimate of drug-likeness (QED) is 0.571. The van der Waals surface area contributed by atoms with Crippen LogP contribution in [0, 0.1) is 0 Å². The van der Waals surface area contributed by atoms with Crippen LogP contribution >= 0.6 is 0 Å². The van der Waals surface area contributed by atoms with Crippen LogP contribution in [0.3, 0.4) is 0 Å². The molecule has 0 spiro atoms. The van der Waals surface area contributed by atoms with Crippen LogP contribution in [0.25, 0.3) is 0 Å². The van der Waals surface area contributed by atoms with Gasteiger partial charge in [0.25, 0.3) is 0 Å². The van der Waals surface area contributed by atoms with Crippen LogP contribution in [0.5, 0.6) is 0 Å². The zero-order chi connectivity index (χ0) is 9.35. The molecule has 0 saturated carbocycles. The average Bonchev–Trinajstić information content (AvgIpc) is 1.92. The van der Waals surface area contributed by atoms with Crippen LogP contribution in [0.1, 0.15) is 20.8 Å². The molecule has 0 radical (unpaired) electrons. The second kappa shape index (κ2) is 3.32. The first-order valence-electron chi connectivity index (χ1n) is 4.54. The van der Waals surface area contributed by atoms with Crippen molar-refractivity contribution in [1.82, 2.24) is 9.80 Å². The standard InChI is InChI=1S/C9H20N2O/c1-9(2,3)11-6-5-10(4)8(12)7-11/h8,12H,5-7H2,1-4H3. The molecule has 3 nitrogen and oxygen atoms in total. The van der Waals surface area contributed by atoms with Gasteiger partial charge in [-0.05, 0) is 27.8 Å². The molecule has 0 bridgehead atoms. The van der Waals surface area contributed by atoms with Crippen molar-refractivity contribution in [3.63, 3.8) is 0 Å². The maximum Gasteiger partial charge on any atom is 0.120 e. The van der Waals surface area contributed by atoms with Gasteiger partial charge in [-0.15, -0.1) is 0 Å². The van der Waals surface area contributed by atoms with E-state index in [1.165, 1.54) is 0 Å². The third-order valence-electron chi connectivity index (χ3n) is 2.56. The first kappa shape index (κ1) is 9.96. The Labute approximate surface area is 75.0 Å². The lowest BCUT2D eigenvalue weighted by molar-refractivity contribution is -0.0659. The molecule has 72 valence electrons. The Morgan fingerprint density at radius 1 is 1.25 bits per heavy atom. The summed E-state index contributed by atoms with van der Waals surface area (Å²) in [5, 5.41) is 9.60. The van der Waals surface area contributed by atoms with E-state index in [2.05, 4.69) is 25.7 Å². The summed E-state index contributed by atoms with van der Waals surface area (Å²) in [6, 6.07) is 0. The molecule has 1 saturated heterocycles. The number of hydrogen-bond donors (Lipinski definition) is 1. The van der Waals surface area contributed by atoms with E-state index in [-0.39, 0.29) is 11.8 Å². The molecule has 1 aliphatic heterocycles. The maximum atomic E-state index is 9.60. The van der Waals surface area contributed by atoms with Crippen molar-refractivity contribution in [2.75, 3.05) is 26.7 Å². The van der Waals surface area contributed by atoms with E-state index in [1.807, 2.05) is 11.9 Å². The molecule has 1 rings (SSSR count). The van der Waals surface area contributed by atoms with Gasteiger partial charge < -0.3 is 5.11 Å². The molecule has 0 aromatic heterocycles. The summed E-state index contributed by atoms with van der Waals surface area (Å²) in [4.78, 5) is 4.31. The molecule has 0 aromatic rings. The largest absolute Gasteiger partial charge is 0.377 e. The lowest BCUT2D eigenvalue weighted by atomic mass is 10.0. The molecule has 1 N–H and O–H groups in total. The van der Waals surface area contributed by atoms with Crippen LogP contribution in [0.2, 0.25) is 0 Å². The Balaban J connectivity index is 2.51. The number of rotatable bonds is 0. The summed E-state index contributed by atoms with van der Waals surface area (Å²) < 4.78 is 0. The molecule has 1 aliphatic rings. The number of piperazine rings is 1. The molecule has 12 heavy (non-hydrogen) atoms. The SMILES string of the molecule is CN1CCN(C(C)(C)C)CC1O. The van der Waals surface area contributed by atoms with E-state index in [0.29, 0.717) is 0 Å². The predicted molar refractivity (Wildman–Crippen MR) is 50.0 cm³/mol. The number of nitrogens with zero attached hydrogens (tertiary/aromatic N) is 2. The maximum absolute atomic E-state index is 9.60. The summed E-state index contributed by atoms with van der Waals surface area (Å²) in [6.45, 7) is 9.33. The monoisotopic (exact) mass is 172 g/mol. The lowest BCUT2D eigenvalue weighted by Gasteiger charge is -2.43. The Morgan fingerprint density at radius 2 is 1.83 bits per heavy atom. The summed E-state index contributed by atoms with van der Waals surface area (Å²) in [7, 11) is 1.96. The second-order valence-electron chi connectivity index (χ2n) is 4.58. The highest BCUT2D eigenvalue weighted by atomic mass is 16.3. The summed E-state index contributed by atoms with van der Waals surface area (Å²) in [5.41, 5.74) is 0.183. The van der Waals surface area contributed by atoms with Gasteiger partial charge in [0.2, 0.25) is 0 Å². The summed E-state index contributed by atoms with van der Waals surface area (Å²) in [5.74, 6) is 0. The van der Waals surface area contributed by atoms with Crippen molar-refractivity contribution in [1.29, 1.82) is 0 Å². The molecule has 1 atom stereocenters. The fraction of sp³-hybridized carbons (Fsp3) is 1.00. The van der Waals surface area contributed by atoms with E-state index in [4.69, 9.17) is 0 Å². The van der Waals surface area contributed by atoms with Crippen molar-refractivity contribution in [2.45, 2.75) is 32.5 Å². The fourth-order valence-corrected chi connectivity index (χ4v) is 1.46. The molecular formula is C9H20N2O. The number of aliphatic hydroxyl groups excluding tert-OH is 1. The van der Waals surface area contributed by atoms with Gasteiger partial charge in [0.05, 0.1) is 0 Å². The molecule has 1 unspecified atom stereocenters. The van der Waals surface area contributed by atoms with E-state index in [9.17, 15) is 5.11 Å². The highest BCUT2D eigenvalue weighted by Crippen LogP contribution is 2.17. The fourth-order valence-electron chi connectivity index (χ4n) is 1.46. The first-order valence-corrected chi connectivity index (χ1v) is 4.54. The van der Waals surface area contributed by atoms with Crippen molar-refractivity contribution in [3.8, 4) is 0 Å². The Kier molecular flexibility index (Phi) is 2.76. The van der Waals surface area contributed by atoms with Crippen molar-refractivity contribution >= 4 is 0 Å². The topological polar surface area (TPSA) is 26.7 Å². The van der Waals surface area contributed by atoms with E-state index >= 15 is 0 Å². The van der Waals surface area contributed by atoms with Crippen molar-refractivity contribution in [2.24, 2.45) is 0 Å². The van der Waals surface area contributed by atoms with Crippen LogP contribution in [-0.2, 0) is 0 Å². The van der Waals surface area contributed by atoms with Crippen molar-refractivity contribution < 1.29 is 5.11 Å². The number of likely N-dealkylation sites (N-methyl/N-ethyl adjacent to an activating group) is 1. The van der Waals surface area contributed by atoms with E-state index in [0.717, 1.165) is 19.6 Å². The summed E-state index contributed by atoms with van der Waals surface area (Å²) >= 11 is 0. The van der Waals surface area contributed by atoms with Gasteiger partial charge in [-0.2, -0.15) is 0 Å². The smallest absolute Gasteiger partial charge is 0.120 e. The molecule has 1 fully saturated rings.